The van der Waals surface area contributed by atoms with E-state index in [4.69, 9.17) is 0 Å². The lowest BCUT2D eigenvalue weighted by Crippen LogP contribution is -2.51. The zero-order valence-electron chi connectivity index (χ0n) is 16.9. The number of halogens is 3. The van der Waals surface area contributed by atoms with Gasteiger partial charge in [0.1, 0.15) is 5.75 Å². The highest BCUT2D eigenvalue weighted by Crippen LogP contribution is 2.25. The smallest absolute Gasteiger partial charge is 0.406 e. The summed E-state index contributed by atoms with van der Waals surface area (Å²) in [5.74, 6) is -0.432. The van der Waals surface area contributed by atoms with Crippen LogP contribution in [0.5, 0.6) is 5.75 Å². The minimum absolute atomic E-state index is 0.0303. The normalized spacial score (nSPS) is 14.4. The monoisotopic (exact) mass is 498 g/mol. The average molecular weight is 499 g/mol. The molecule has 1 aliphatic heterocycles. The molecule has 174 valence electrons. The van der Waals surface area contributed by atoms with Crippen molar-refractivity contribution in [3.63, 3.8) is 0 Å². The number of hydrogen-bond acceptors (Lipinski definition) is 8. The molecule has 0 radical (unpaired) electrons. The van der Waals surface area contributed by atoms with Crippen molar-refractivity contribution < 1.29 is 27.5 Å². The van der Waals surface area contributed by atoms with Crippen LogP contribution in [0.15, 0.2) is 46.9 Å². The lowest BCUT2D eigenvalue weighted by molar-refractivity contribution is -0.274. The molecule has 0 spiro atoms. The Hall–Kier alpha value is -3.13. The number of thioether (sulfide) groups is 1. The van der Waals surface area contributed by atoms with Crippen molar-refractivity contribution in [1.29, 1.82) is 0 Å². The molecule has 1 fully saturated rings. The number of amides is 2. The van der Waals surface area contributed by atoms with Crippen LogP contribution < -0.4 is 4.74 Å². The number of rotatable bonds is 6. The Kier molecular flexibility index (Phi) is 6.83. The molecule has 14 heteroatoms. The summed E-state index contributed by atoms with van der Waals surface area (Å²) in [5, 5.41) is 13.5. The van der Waals surface area contributed by atoms with Crippen molar-refractivity contribution in [3.8, 4) is 11.4 Å². The molecule has 3 heterocycles. The summed E-state index contributed by atoms with van der Waals surface area (Å²) in [6.45, 7) is 1.78. The topological polar surface area (TPSA) is 93.4 Å². The SMILES string of the molecule is O=C(CSc1nnnn1-c1ccc(OC(F)(F)F)cc1)N1CCN(C(=O)c2cccs2)CC1. The van der Waals surface area contributed by atoms with Gasteiger partial charge in [0.25, 0.3) is 5.91 Å². The first kappa shape index (κ1) is 23.0. The Morgan fingerprint density at radius 2 is 1.76 bits per heavy atom. The summed E-state index contributed by atoms with van der Waals surface area (Å²) in [7, 11) is 0. The summed E-state index contributed by atoms with van der Waals surface area (Å²) in [6.07, 6.45) is -4.78. The first-order valence-corrected chi connectivity index (χ1v) is 11.5. The zero-order chi connectivity index (χ0) is 23.4. The molecule has 0 N–H and O–H groups in total. The highest BCUT2D eigenvalue weighted by Gasteiger charge is 2.31. The number of thiophene rings is 1. The van der Waals surface area contributed by atoms with Crippen LogP contribution in [-0.2, 0) is 4.79 Å². The zero-order valence-corrected chi connectivity index (χ0v) is 18.6. The maximum absolute atomic E-state index is 12.6. The van der Waals surface area contributed by atoms with E-state index in [0.29, 0.717) is 41.9 Å². The summed E-state index contributed by atoms with van der Waals surface area (Å²) >= 11 is 2.50. The molecule has 0 unspecified atom stereocenters. The third-order valence-electron chi connectivity index (χ3n) is 4.73. The Balaban J connectivity index is 1.30. The van der Waals surface area contributed by atoms with Gasteiger partial charge in [-0.2, -0.15) is 4.68 Å². The molecule has 33 heavy (non-hydrogen) atoms. The first-order valence-electron chi connectivity index (χ1n) is 9.68. The number of alkyl halides is 3. The number of aromatic nitrogens is 4. The van der Waals surface area contributed by atoms with Crippen molar-refractivity contribution in [2.24, 2.45) is 0 Å². The summed E-state index contributed by atoms with van der Waals surface area (Å²) in [6, 6.07) is 8.68. The minimum Gasteiger partial charge on any atom is -0.406 e. The van der Waals surface area contributed by atoms with Gasteiger partial charge in [-0.3, -0.25) is 9.59 Å². The Bertz CT molecular complexity index is 1100. The Morgan fingerprint density at radius 3 is 2.39 bits per heavy atom. The molecule has 9 nitrogen and oxygen atoms in total. The quantitative estimate of drug-likeness (QED) is 0.483. The fourth-order valence-electron chi connectivity index (χ4n) is 3.15. The van der Waals surface area contributed by atoms with E-state index in [9.17, 15) is 22.8 Å². The first-order chi connectivity index (χ1) is 15.8. The fraction of sp³-hybridized carbons (Fsp3) is 0.316. The predicted molar refractivity (Wildman–Crippen MR) is 113 cm³/mol. The molecule has 3 aromatic rings. The number of ether oxygens (including phenoxy) is 1. The molecule has 0 aliphatic carbocycles. The van der Waals surface area contributed by atoms with Gasteiger partial charge in [0.15, 0.2) is 0 Å². The van der Waals surface area contributed by atoms with Crippen LogP contribution in [0.25, 0.3) is 5.69 Å². The molecule has 2 amide bonds. The van der Waals surface area contributed by atoms with Crippen LogP contribution in [0, 0.1) is 0 Å². The molecular weight excluding hydrogens is 481 g/mol. The van der Waals surface area contributed by atoms with E-state index < -0.39 is 6.36 Å². The molecule has 1 saturated heterocycles. The van der Waals surface area contributed by atoms with Crippen LogP contribution in [0.2, 0.25) is 0 Å². The number of benzene rings is 1. The maximum atomic E-state index is 12.6. The third kappa shape index (κ3) is 5.82. The number of carbonyl (C=O) groups excluding carboxylic acids is 2. The van der Waals surface area contributed by atoms with E-state index in [2.05, 4.69) is 20.3 Å². The van der Waals surface area contributed by atoms with Crippen LogP contribution >= 0.6 is 23.1 Å². The lowest BCUT2D eigenvalue weighted by Gasteiger charge is -2.34. The predicted octanol–water partition coefficient (Wildman–Crippen LogP) is 2.70. The van der Waals surface area contributed by atoms with Crippen LogP contribution in [0.1, 0.15) is 9.67 Å². The van der Waals surface area contributed by atoms with Gasteiger partial charge in [0.2, 0.25) is 11.1 Å². The molecule has 1 aromatic carbocycles. The van der Waals surface area contributed by atoms with Crippen molar-refractivity contribution >= 4 is 34.9 Å². The van der Waals surface area contributed by atoms with E-state index in [-0.39, 0.29) is 23.3 Å². The number of tetrazole rings is 1. The molecule has 1 aliphatic rings. The highest BCUT2D eigenvalue weighted by atomic mass is 32.2. The van der Waals surface area contributed by atoms with Gasteiger partial charge in [-0.05, 0) is 46.1 Å². The van der Waals surface area contributed by atoms with Gasteiger partial charge in [-0.25, -0.2) is 0 Å². The van der Waals surface area contributed by atoms with Crippen LogP contribution in [0.4, 0.5) is 13.2 Å². The molecule has 0 bridgehead atoms. The van der Waals surface area contributed by atoms with Crippen LogP contribution in [0.3, 0.4) is 0 Å². The molecular formula is C19H17F3N6O3S2. The van der Waals surface area contributed by atoms with Crippen molar-refractivity contribution in [1.82, 2.24) is 30.0 Å². The van der Waals surface area contributed by atoms with Gasteiger partial charge in [0.05, 0.1) is 16.3 Å². The van der Waals surface area contributed by atoms with E-state index in [0.717, 1.165) is 23.9 Å². The van der Waals surface area contributed by atoms with E-state index in [1.807, 2.05) is 11.4 Å². The fourth-order valence-corrected chi connectivity index (χ4v) is 4.64. The lowest BCUT2D eigenvalue weighted by atomic mass is 10.3. The third-order valence-corrected chi connectivity index (χ3v) is 6.49. The van der Waals surface area contributed by atoms with Gasteiger partial charge in [-0.1, -0.05) is 17.8 Å². The molecule has 0 atom stereocenters. The highest BCUT2D eigenvalue weighted by molar-refractivity contribution is 7.99. The Labute approximate surface area is 194 Å². The summed E-state index contributed by atoms with van der Waals surface area (Å²) < 4.78 is 42.1. The second-order valence-electron chi connectivity index (χ2n) is 6.85. The second-order valence-corrected chi connectivity index (χ2v) is 8.74. The van der Waals surface area contributed by atoms with Gasteiger partial charge >= 0.3 is 6.36 Å². The van der Waals surface area contributed by atoms with Gasteiger partial charge in [0, 0.05) is 26.2 Å². The Morgan fingerprint density at radius 1 is 1.06 bits per heavy atom. The standard InChI is InChI=1S/C19H17F3N6O3S2/c20-19(21,22)31-14-5-3-13(4-6-14)28-18(23-24-25-28)33-12-16(29)26-7-9-27(10-8-26)17(30)15-2-1-11-32-15/h1-6,11H,7-10,12H2. The summed E-state index contributed by atoms with van der Waals surface area (Å²) in [4.78, 5) is 29.1. The second kappa shape index (κ2) is 9.79. The van der Waals surface area contributed by atoms with Crippen molar-refractivity contribution in [3.05, 3.63) is 46.7 Å². The maximum Gasteiger partial charge on any atom is 0.573 e. The van der Waals surface area contributed by atoms with E-state index in [1.165, 1.54) is 28.2 Å². The van der Waals surface area contributed by atoms with Gasteiger partial charge in [-0.15, -0.1) is 29.6 Å². The summed E-state index contributed by atoms with van der Waals surface area (Å²) in [5.41, 5.74) is 0.421. The number of carbonyl (C=O) groups is 2. The van der Waals surface area contributed by atoms with E-state index >= 15 is 0 Å². The number of nitrogens with zero attached hydrogens (tertiary/aromatic N) is 6. The molecule has 4 rings (SSSR count). The number of hydrogen-bond donors (Lipinski definition) is 0. The van der Waals surface area contributed by atoms with Crippen molar-refractivity contribution in [2.75, 3.05) is 31.9 Å². The van der Waals surface area contributed by atoms with E-state index in [1.54, 1.807) is 15.9 Å². The molecule has 0 saturated carbocycles. The van der Waals surface area contributed by atoms with Crippen LogP contribution in [-0.4, -0.2) is 80.1 Å². The molecule has 2 aromatic heterocycles. The van der Waals surface area contributed by atoms with Crippen molar-refractivity contribution in [2.45, 2.75) is 11.5 Å². The van der Waals surface area contributed by atoms with Gasteiger partial charge < -0.3 is 14.5 Å². The minimum atomic E-state index is -4.78. The largest absolute Gasteiger partial charge is 0.573 e. The average Bonchev–Trinajstić information content (AvgIpc) is 3.49. The number of piperazine rings is 1.